The molecule has 1 aromatic rings. The Labute approximate surface area is 121 Å². The fourth-order valence-corrected chi connectivity index (χ4v) is 1.86. The summed E-state index contributed by atoms with van der Waals surface area (Å²) < 4.78 is 5.12. The van der Waals surface area contributed by atoms with E-state index in [1.165, 1.54) is 0 Å². The lowest BCUT2D eigenvalue weighted by Gasteiger charge is -2.14. The first-order chi connectivity index (χ1) is 9.71. The zero-order chi connectivity index (χ0) is 14.8. The molecule has 0 amide bonds. The van der Waals surface area contributed by atoms with Gasteiger partial charge in [0.1, 0.15) is 11.9 Å². The van der Waals surface area contributed by atoms with Crippen molar-refractivity contribution in [3.8, 4) is 5.75 Å². The van der Waals surface area contributed by atoms with E-state index < -0.39 is 0 Å². The third-order valence-corrected chi connectivity index (χ3v) is 3.18. The summed E-state index contributed by atoms with van der Waals surface area (Å²) in [6.07, 6.45) is 3.75. The second kappa shape index (κ2) is 9.37. The normalized spacial score (nSPS) is 13.1. The summed E-state index contributed by atoms with van der Waals surface area (Å²) in [7, 11) is 1.65. The second-order valence-corrected chi connectivity index (χ2v) is 4.79. The van der Waals surface area contributed by atoms with Crippen LogP contribution in [0.5, 0.6) is 5.75 Å². The molecule has 1 N–H and O–H groups in total. The molecule has 0 aliphatic heterocycles. The summed E-state index contributed by atoms with van der Waals surface area (Å²) in [5, 5.41) is 13.2. The molecule has 1 unspecified atom stereocenters. The van der Waals surface area contributed by atoms with Crippen LogP contribution in [0.15, 0.2) is 29.4 Å². The molecule has 0 saturated carbocycles. The van der Waals surface area contributed by atoms with Crippen molar-refractivity contribution in [2.45, 2.75) is 45.6 Å². The highest BCUT2D eigenvalue weighted by Gasteiger charge is 2.09. The van der Waals surface area contributed by atoms with Crippen LogP contribution in [0.25, 0.3) is 0 Å². The number of hydrogen-bond donors (Lipinski definition) is 1. The number of hydrogen-bond acceptors (Lipinski definition) is 4. The van der Waals surface area contributed by atoms with Gasteiger partial charge < -0.3 is 14.7 Å². The fourth-order valence-electron chi connectivity index (χ4n) is 1.86. The molecule has 4 heteroatoms. The predicted octanol–water partition coefficient (Wildman–Crippen LogP) is 3.38. The Bertz CT molecular complexity index is 401. The minimum atomic E-state index is -0.00634. The highest BCUT2D eigenvalue weighted by molar-refractivity contribution is 5.98. The first-order valence-electron chi connectivity index (χ1n) is 7.17. The quantitative estimate of drug-likeness (QED) is 0.557. The molecule has 0 saturated heterocycles. The maximum Gasteiger partial charge on any atom is 0.129 e. The minimum Gasteiger partial charge on any atom is -0.497 e. The Morgan fingerprint density at radius 2 is 1.95 bits per heavy atom. The molecule has 20 heavy (non-hydrogen) atoms. The molecular formula is C16H25NO3. The Hall–Kier alpha value is -1.55. The van der Waals surface area contributed by atoms with Crippen LogP contribution in [0.3, 0.4) is 0 Å². The standard InChI is InChI=1S/C16H25NO3/c1-4-5-6-16(11-12-18)20-17-13(2)14-7-9-15(19-3)10-8-14/h7-10,16,18H,4-6,11-12H2,1-3H3/b17-13+. The molecule has 0 radical (unpaired) electrons. The van der Waals surface area contributed by atoms with Gasteiger partial charge in [-0.25, -0.2) is 0 Å². The monoisotopic (exact) mass is 279 g/mol. The number of oxime groups is 1. The fraction of sp³-hybridized carbons (Fsp3) is 0.562. The van der Waals surface area contributed by atoms with Crippen molar-refractivity contribution in [2.24, 2.45) is 5.16 Å². The van der Waals surface area contributed by atoms with E-state index in [0.717, 1.165) is 36.3 Å². The van der Waals surface area contributed by atoms with Gasteiger partial charge in [0.2, 0.25) is 0 Å². The van der Waals surface area contributed by atoms with Crippen LogP contribution in [0, 0.1) is 0 Å². The van der Waals surface area contributed by atoms with E-state index in [4.69, 9.17) is 14.7 Å². The number of rotatable bonds is 9. The highest BCUT2D eigenvalue weighted by Crippen LogP contribution is 2.13. The van der Waals surface area contributed by atoms with Crippen molar-refractivity contribution < 1.29 is 14.7 Å². The molecular weight excluding hydrogens is 254 g/mol. The Morgan fingerprint density at radius 1 is 1.25 bits per heavy atom. The van der Waals surface area contributed by atoms with E-state index in [2.05, 4.69) is 12.1 Å². The van der Waals surface area contributed by atoms with Gasteiger partial charge in [-0.1, -0.05) is 18.5 Å². The lowest BCUT2D eigenvalue weighted by molar-refractivity contribution is 0.0333. The van der Waals surface area contributed by atoms with Crippen LogP contribution in [0.1, 0.15) is 45.1 Å². The molecule has 1 atom stereocenters. The summed E-state index contributed by atoms with van der Waals surface area (Å²) in [6.45, 7) is 4.19. The van der Waals surface area contributed by atoms with Crippen LogP contribution in [0.4, 0.5) is 0 Å². The van der Waals surface area contributed by atoms with Crippen molar-refractivity contribution in [3.63, 3.8) is 0 Å². The van der Waals surface area contributed by atoms with Crippen molar-refractivity contribution in [3.05, 3.63) is 29.8 Å². The van der Waals surface area contributed by atoms with Crippen molar-refractivity contribution in [1.82, 2.24) is 0 Å². The lowest BCUT2D eigenvalue weighted by atomic mass is 10.1. The van der Waals surface area contributed by atoms with Crippen molar-refractivity contribution in [2.75, 3.05) is 13.7 Å². The van der Waals surface area contributed by atoms with Gasteiger partial charge in [-0.2, -0.15) is 0 Å². The number of aliphatic hydroxyl groups excluding tert-OH is 1. The minimum absolute atomic E-state index is 0.00634. The number of ether oxygens (including phenoxy) is 1. The zero-order valence-electron chi connectivity index (χ0n) is 12.6. The van der Waals surface area contributed by atoms with E-state index in [1.807, 2.05) is 31.2 Å². The summed E-state index contributed by atoms with van der Waals surface area (Å²) >= 11 is 0. The van der Waals surface area contributed by atoms with Crippen LogP contribution in [-0.4, -0.2) is 30.6 Å². The molecule has 1 rings (SSSR count). The highest BCUT2D eigenvalue weighted by atomic mass is 16.6. The van der Waals surface area contributed by atoms with Crippen LogP contribution >= 0.6 is 0 Å². The van der Waals surface area contributed by atoms with Crippen molar-refractivity contribution >= 4 is 5.71 Å². The van der Waals surface area contributed by atoms with E-state index >= 15 is 0 Å². The van der Waals surface area contributed by atoms with Gasteiger partial charge in [-0.15, -0.1) is 0 Å². The van der Waals surface area contributed by atoms with Crippen LogP contribution in [0.2, 0.25) is 0 Å². The number of aliphatic hydroxyl groups is 1. The van der Waals surface area contributed by atoms with Gasteiger partial charge in [-0.05, 0) is 49.6 Å². The summed E-state index contributed by atoms with van der Waals surface area (Å²) in [5.41, 5.74) is 1.83. The lowest BCUT2D eigenvalue weighted by Crippen LogP contribution is -2.13. The summed E-state index contributed by atoms with van der Waals surface area (Å²) in [6, 6.07) is 7.70. The molecule has 0 heterocycles. The number of unbranched alkanes of at least 4 members (excludes halogenated alkanes) is 1. The van der Waals surface area contributed by atoms with Crippen LogP contribution in [-0.2, 0) is 4.84 Å². The molecule has 112 valence electrons. The Morgan fingerprint density at radius 3 is 2.50 bits per heavy atom. The molecule has 0 spiro atoms. The van der Waals surface area contributed by atoms with Gasteiger partial charge in [-0.3, -0.25) is 0 Å². The third-order valence-electron chi connectivity index (χ3n) is 3.18. The SMILES string of the molecule is CCCCC(CCO)O/N=C(\C)c1ccc(OC)cc1. The van der Waals surface area contributed by atoms with E-state index in [9.17, 15) is 0 Å². The predicted molar refractivity (Wildman–Crippen MR) is 81.3 cm³/mol. The van der Waals surface area contributed by atoms with Crippen LogP contribution < -0.4 is 4.74 Å². The maximum absolute atomic E-state index is 9.03. The molecule has 0 fully saturated rings. The second-order valence-electron chi connectivity index (χ2n) is 4.79. The average Bonchev–Trinajstić information content (AvgIpc) is 2.49. The van der Waals surface area contributed by atoms with Gasteiger partial charge in [0, 0.05) is 13.0 Å². The van der Waals surface area contributed by atoms with Gasteiger partial charge >= 0.3 is 0 Å². The molecule has 0 aliphatic rings. The van der Waals surface area contributed by atoms with Gasteiger partial charge in [0.05, 0.1) is 12.8 Å². The summed E-state index contributed by atoms with van der Waals surface area (Å²) in [4.78, 5) is 5.55. The Kier molecular flexibility index (Phi) is 7.73. The number of nitrogens with zero attached hydrogens (tertiary/aromatic N) is 1. The van der Waals surface area contributed by atoms with Crippen molar-refractivity contribution in [1.29, 1.82) is 0 Å². The van der Waals surface area contributed by atoms with E-state index in [1.54, 1.807) is 7.11 Å². The smallest absolute Gasteiger partial charge is 0.129 e. The largest absolute Gasteiger partial charge is 0.497 e. The molecule has 0 aliphatic carbocycles. The third kappa shape index (κ3) is 5.61. The molecule has 0 bridgehead atoms. The summed E-state index contributed by atoms with van der Waals surface area (Å²) in [5.74, 6) is 0.823. The molecule has 1 aromatic carbocycles. The van der Waals surface area contributed by atoms with Gasteiger partial charge in [0.15, 0.2) is 0 Å². The first-order valence-corrected chi connectivity index (χ1v) is 7.17. The molecule has 0 aromatic heterocycles. The maximum atomic E-state index is 9.03. The zero-order valence-corrected chi connectivity index (χ0v) is 12.6. The van der Waals surface area contributed by atoms with E-state index in [-0.39, 0.29) is 12.7 Å². The average molecular weight is 279 g/mol. The molecule has 4 nitrogen and oxygen atoms in total. The van der Waals surface area contributed by atoms with Gasteiger partial charge in [0.25, 0.3) is 0 Å². The topological polar surface area (TPSA) is 51.0 Å². The number of benzene rings is 1. The number of methoxy groups -OCH3 is 1. The Balaban J connectivity index is 2.60. The first kappa shape index (κ1) is 16.5. The van der Waals surface area contributed by atoms with E-state index in [0.29, 0.717) is 6.42 Å².